The summed E-state index contributed by atoms with van der Waals surface area (Å²) in [5.41, 5.74) is -0.888. The summed E-state index contributed by atoms with van der Waals surface area (Å²) in [6, 6.07) is 11.5. The molecule has 8 heteroatoms. The van der Waals surface area contributed by atoms with Crippen molar-refractivity contribution >= 4 is 29.2 Å². The number of halogens is 1. The lowest BCUT2D eigenvalue weighted by Crippen LogP contribution is -2.41. The second-order valence-corrected chi connectivity index (χ2v) is 6.69. The number of rotatable bonds is 8. The molecule has 2 aromatic rings. The van der Waals surface area contributed by atoms with E-state index in [1.54, 1.807) is 56.3 Å². The normalized spacial score (nSPS) is 10.8. The number of benzene rings is 2. The van der Waals surface area contributed by atoms with Gasteiger partial charge >= 0.3 is 5.97 Å². The molecule has 0 saturated carbocycles. The van der Waals surface area contributed by atoms with E-state index in [1.807, 2.05) is 0 Å². The van der Waals surface area contributed by atoms with Crippen molar-refractivity contribution in [2.75, 3.05) is 26.1 Å². The predicted molar refractivity (Wildman–Crippen MR) is 105 cm³/mol. The van der Waals surface area contributed by atoms with Crippen LogP contribution in [0.5, 0.6) is 17.2 Å². The van der Waals surface area contributed by atoms with Crippen molar-refractivity contribution in [3.05, 3.63) is 47.5 Å². The Bertz CT molecular complexity index is 835. The van der Waals surface area contributed by atoms with Crippen LogP contribution in [0.15, 0.2) is 42.5 Å². The number of nitrogens with one attached hydrogen (secondary N) is 1. The van der Waals surface area contributed by atoms with Crippen molar-refractivity contribution in [3.63, 3.8) is 0 Å². The molecule has 2 aromatic carbocycles. The van der Waals surface area contributed by atoms with Crippen LogP contribution >= 0.6 is 11.6 Å². The first-order valence-electron chi connectivity index (χ1n) is 8.39. The van der Waals surface area contributed by atoms with E-state index in [4.69, 9.17) is 30.5 Å². The maximum absolute atomic E-state index is 12.3. The minimum atomic E-state index is -1.29. The van der Waals surface area contributed by atoms with E-state index in [2.05, 4.69) is 5.32 Å². The molecule has 0 heterocycles. The lowest BCUT2D eigenvalue weighted by Gasteiger charge is -2.24. The van der Waals surface area contributed by atoms with Gasteiger partial charge in [-0.3, -0.25) is 4.79 Å². The van der Waals surface area contributed by atoms with Crippen molar-refractivity contribution in [2.24, 2.45) is 0 Å². The summed E-state index contributed by atoms with van der Waals surface area (Å²) in [5, 5.41) is 3.18. The molecule has 0 aromatic heterocycles. The Morgan fingerprint density at radius 3 is 2.25 bits per heavy atom. The van der Waals surface area contributed by atoms with Crippen molar-refractivity contribution in [1.29, 1.82) is 0 Å². The molecule has 0 spiro atoms. The Labute approximate surface area is 168 Å². The van der Waals surface area contributed by atoms with E-state index in [-0.39, 0.29) is 0 Å². The van der Waals surface area contributed by atoms with Crippen LogP contribution in [0.2, 0.25) is 5.02 Å². The van der Waals surface area contributed by atoms with E-state index < -0.39 is 24.1 Å². The van der Waals surface area contributed by atoms with Gasteiger partial charge < -0.3 is 24.3 Å². The monoisotopic (exact) mass is 407 g/mol. The summed E-state index contributed by atoms with van der Waals surface area (Å²) in [6.07, 6.45) is 0. The van der Waals surface area contributed by atoms with Gasteiger partial charge in [-0.1, -0.05) is 11.6 Å². The van der Waals surface area contributed by atoms with Gasteiger partial charge in [0.1, 0.15) is 17.2 Å². The molecule has 0 fully saturated rings. The molecule has 0 radical (unpaired) electrons. The average molecular weight is 408 g/mol. The molecule has 0 atom stereocenters. The average Bonchev–Trinajstić information content (AvgIpc) is 2.67. The standard InChI is InChI=1S/C20H22ClNO6/c1-20(2,28-14-7-5-13(21)6-8-14)19(24)27-12-18(23)22-16-11-15(25-3)9-10-17(16)26-4/h5-11H,12H2,1-4H3,(H,22,23). The van der Waals surface area contributed by atoms with E-state index >= 15 is 0 Å². The highest BCUT2D eigenvalue weighted by Gasteiger charge is 2.32. The zero-order valence-corrected chi connectivity index (χ0v) is 16.8. The van der Waals surface area contributed by atoms with Gasteiger partial charge in [-0.05, 0) is 50.2 Å². The summed E-state index contributed by atoms with van der Waals surface area (Å²) >= 11 is 5.83. The third-order valence-corrected chi connectivity index (χ3v) is 3.95. The largest absolute Gasteiger partial charge is 0.497 e. The van der Waals surface area contributed by atoms with Crippen LogP contribution in [-0.2, 0) is 14.3 Å². The molecule has 28 heavy (non-hydrogen) atoms. The smallest absolute Gasteiger partial charge is 0.350 e. The lowest BCUT2D eigenvalue weighted by atomic mass is 10.1. The molecule has 2 rings (SSSR count). The number of hydrogen-bond donors (Lipinski definition) is 1. The molecule has 1 N–H and O–H groups in total. The van der Waals surface area contributed by atoms with Gasteiger partial charge in [0, 0.05) is 11.1 Å². The van der Waals surface area contributed by atoms with Crippen LogP contribution in [0.4, 0.5) is 5.69 Å². The Morgan fingerprint density at radius 2 is 1.64 bits per heavy atom. The molecule has 0 aliphatic rings. The molecule has 1 amide bonds. The molecular formula is C20H22ClNO6. The quantitative estimate of drug-likeness (QED) is 0.672. The summed E-state index contributed by atoms with van der Waals surface area (Å²) in [6.45, 7) is 2.62. The third kappa shape index (κ3) is 5.79. The predicted octanol–water partition coefficient (Wildman–Crippen LogP) is 3.70. The Morgan fingerprint density at radius 1 is 1.00 bits per heavy atom. The van der Waals surface area contributed by atoms with Gasteiger partial charge in [0.25, 0.3) is 5.91 Å². The second-order valence-electron chi connectivity index (χ2n) is 6.26. The Balaban J connectivity index is 1.94. The lowest BCUT2D eigenvalue weighted by molar-refractivity contribution is -0.161. The number of methoxy groups -OCH3 is 2. The molecule has 0 bridgehead atoms. The zero-order chi connectivity index (χ0) is 20.7. The number of carbonyl (C=O) groups is 2. The van der Waals surface area contributed by atoms with E-state index in [9.17, 15) is 9.59 Å². The van der Waals surface area contributed by atoms with Gasteiger partial charge in [0.2, 0.25) is 0 Å². The molecule has 0 aliphatic carbocycles. The number of ether oxygens (including phenoxy) is 4. The minimum absolute atomic E-state index is 0.402. The first-order valence-corrected chi connectivity index (χ1v) is 8.76. The molecule has 0 unspecified atom stereocenters. The highest BCUT2D eigenvalue weighted by molar-refractivity contribution is 6.30. The van der Waals surface area contributed by atoms with Gasteiger partial charge in [0.15, 0.2) is 12.2 Å². The number of amides is 1. The van der Waals surface area contributed by atoms with E-state index in [0.29, 0.717) is 28.0 Å². The summed E-state index contributed by atoms with van der Waals surface area (Å²) in [7, 11) is 2.99. The Hall–Kier alpha value is -2.93. The van der Waals surface area contributed by atoms with Gasteiger partial charge in [0.05, 0.1) is 19.9 Å². The zero-order valence-electron chi connectivity index (χ0n) is 16.1. The maximum atomic E-state index is 12.3. The summed E-state index contributed by atoms with van der Waals surface area (Å²) < 4.78 is 21.0. The summed E-state index contributed by atoms with van der Waals surface area (Å²) in [5.74, 6) is 0.242. The highest BCUT2D eigenvalue weighted by Crippen LogP contribution is 2.29. The van der Waals surface area contributed by atoms with Gasteiger partial charge in [-0.15, -0.1) is 0 Å². The Kier molecular flexibility index (Phi) is 7.12. The van der Waals surface area contributed by atoms with Crippen molar-refractivity contribution in [3.8, 4) is 17.2 Å². The maximum Gasteiger partial charge on any atom is 0.350 e. The second kappa shape index (κ2) is 9.32. The topological polar surface area (TPSA) is 83.1 Å². The number of esters is 1. The molecule has 0 aliphatic heterocycles. The van der Waals surface area contributed by atoms with Gasteiger partial charge in [-0.25, -0.2) is 4.79 Å². The highest BCUT2D eigenvalue weighted by atomic mass is 35.5. The number of hydrogen-bond acceptors (Lipinski definition) is 6. The van der Waals surface area contributed by atoms with Crippen LogP contribution in [-0.4, -0.2) is 38.3 Å². The fraction of sp³-hybridized carbons (Fsp3) is 0.300. The van der Waals surface area contributed by atoms with Crippen LogP contribution in [0.1, 0.15) is 13.8 Å². The number of carbonyl (C=O) groups excluding carboxylic acids is 2. The molecule has 0 saturated heterocycles. The van der Waals surface area contributed by atoms with E-state index in [1.165, 1.54) is 14.2 Å². The van der Waals surface area contributed by atoms with Crippen LogP contribution in [0.25, 0.3) is 0 Å². The molecule has 150 valence electrons. The first kappa shape index (κ1) is 21.4. The summed E-state index contributed by atoms with van der Waals surface area (Å²) in [4.78, 5) is 24.5. The minimum Gasteiger partial charge on any atom is -0.497 e. The van der Waals surface area contributed by atoms with Crippen LogP contribution in [0, 0.1) is 0 Å². The van der Waals surface area contributed by atoms with Gasteiger partial charge in [-0.2, -0.15) is 0 Å². The SMILES string of the molecule is COc1ccc(OC)c(NC(=O)COC(=O)C(C)(C)Oc2ccc(Cl)cc2)c1. The molecule has 7 nitrogen and oxygen atoms in total. The number of anilines is 1. The van der Waals surface area contributed by atoms with E-state index in [0.717, 1.165) is 0 Å². The fourth-order valence-electron chi connectivity index (χ4n) is 2.24. The van der Waals surface area contributed by atoms with Crippen molar-refractivity contribution < 1.29 is 28.5 Å². The third-order valence-electron chi connectivity index (χ3n) is 3.69. The van der Waals surface area contributed by atoms with Crippen molar-refractivity contribution in [2.45, 2.75) is 19.4 Å². The molecular weight excluding hydrogens is 386 g/mol. The van der Waals surface area contributed by atoms with Crippen LogP contribution < -0.4 is 19.5 Å². The first-order chi connectivity index (χ1) is 13.2. The van der Waals surface area contributed by atoms with Crippen molar-refractivity contribution in [1.82, 2.24) is 0 Å². The van der Waals surface area contributed by atoms with Crippen LogP contribution in [0.3, 0.4) is 0 Å². The fourth-order valence-corrected chi connectivity index (χ4v) is 2.37.